The van der Waals surface area contributed by atoms with E-state index in [0.717, 1.165) is 34.0 Å². The van der Waals surface area contributed by atoms with Gasteiger partial charge < -0.3 is 9.64 Å². The highest BCUT2D eigenvalue weighted by Gasteiger charge is 2.41. The molecule has 2 aromatic rings. The highest BCUT2D eigenvalue weighted by Crippen LogP contribution is 2.44. The summed E-state index contributed by atoms with van der Waals surface area (Å²) in [6.45, 7) is 0.536. The molecule has 1 N–H and O–H groups in total. The molecule has 3 amide bonds. The Morgan fingerprint density at radius 1 is 1.22 bits per heavy atom. The van der Waals surface area contributed by atoms with Gasteiger partial charge >= 0.3 is 5.97 Å². The van der Waals surface area contributed by atoms with E-state index in [2.05, 4.69) is 22.5 Å². The van der Waals surface area contributed by atoms with Crippen LogP contribution in [0.25, 0.3) is 0 Å². The van der Waals surface area contributed by atoms with Crippen molar-refractivity contribution in [3.63, 3.8) is 0 Å². The lowest BCUT2D eigenvalue weighted by Gasteiger charge is -2.29. The standard InChI is InChI=1S/C26H25N3O5S2/c30-22-7-6-20(24(31)28-22)29-10-19-17(25(29)32)2-1-3-21(19)35-13-23-27-16(12-36-23)11-34-26(33)18-9-14-4-5-15(18)8-14/h1-5,12,14-15,18,20H,6-11,13H2,(H,28,30,31). The summed E-state index contributed by atoms with van der Waals surface area (Å²) in [4.78, 5) is 56.5. The topological polar surface area (TPSA) is 106 Å². The number of benzene rings is 1. The molecule has 4 atom stereocenters. The highest BCUT2D eigenvalue weighted by atomic mass is 32.2. The van der Waals surface area contributed by atoms with Crippen LogP contribution in [-0.2, 0) is 38.0 Å². The molecule has 0 radical (unpaired) electrons. The Balaban J connectivity index is 1.06. The van der Waals surface area contributed by atoms with E-state index < -0.39 is 11.9 Å². The summed E-state index contributed by atoms with van der Waals surface area (Å²) in [5.41, 5.74) is 2.26. The molecule has 8 nitrogen and oxygen atoms in total. The Kier molecular flexibility index (Phi) is 6.17. The third-order valence-corrected chi connectivity index (χ3v) is 9.63. The number of thioether (sulfide) groups is 1. The van der Waals surface area contributed by atoms with Crippen molar-refractivity contribution in [2.24, 2.45) is 17.8 Å². The van der Waals surface area contributed by atoms with Crippen molar-refractivity contribution >= 4 is 46.8 Å². The van der Waals surface area contributed by atoms with Gasteiger partial charge in [0.15, 0.2) is 0 Å². The normalized spacial score (nSPS) is 26.4. The molecule has 1 saturated carbocycles. The van der Waals surface area contributed by atoms with Crippen molar-refractivity contribution < 1.29 is 23.9 Å². The number of hydrogen-bond donors (Lipinski definition) is 1. The van der Waals surface area contributed by atoms with Crippen LogP contribution in [0, 0.1) is 17.8 Å². The Hall–Kier alpha value is -2.98. The number of ether oxygens (including phenoxy) is 1. The minimum atomic E-state index is -0.625. The van der Waals surface area contributed by atoms with E-state index in [1.807, 2.05) is 17.5 Å². The number of piperidine rings is 1. The summed E-state index contributed by atoms with van der Waals surface area (Å²) in [5.74, 6) is 0.463. The lowest BCUT2D eigenvalue weighted by molar-refractivity contribution is -0.151. The summed E-state index contributed by atoms with van der Waals surface area (Å²) >= 11 is 3.12. The first-order chi connectivity index (χ1) is 17.5. The van der Waals surface area contributed by atoms with E-state index in [0.29, 0.717) is 36.1 Å². The molecule has 0 spiro atoms. The van der Waals surface area contributed by atoms with Crippen LogP contribution in [0.15, 0.2) is 40.6 Å². The first kappa shape index (κ1) is 23.4. The fraction of sp³-hybridized carbons (Fsp3) is 0.423. The van der Waals surface area contributed by atoms with Crippen LogP contribution >= 0.6 is 23.1 Å². The number of esters is 1. The van der Waals surface area contributed by atoms with Gasteiger partial charge in [0.1, 0.15) is 17.7 Å². The van der Waals surface area contributed by atoms with E-state index in [-0.39, 0.29) is 36.7 Å². The number of carbonyl (C=O) groups excluding carboxylic acids is 4. The quantitative estimate of drug-likeness (QED) is 0.256. The number of fused-ring (bicyclic) bond motifs is 3. The van der Waals surface area contributed by atoms with Crippen molar-refractivity contribution in [2.45, 2.75) is 55.5 Å². The SMILES string of the molecule is O=C1CCC(N2Cc3c(SCc4nc(COC(=O)C5CC6C=CC5C6)cs4)cccc3C2=O)C(=O)N1. The lowest BCUT2D eigenvalue weighted by Crippen LogP contribution is -2.52. The molecule has 2 bridgehead atoms. The molecule has 3 heterocycles. The number of rotatable bonds is 7. The van der Waals surface area contributed by atoms with Gasteiger partial charge in [-0.15, -0.1) is 23.1 Å². The van der Waals surface area contributed by atoms with Gasteiger partial charge in [-0.25, -0.2) is 4.98 Å². The number of nitrogens with one attached hydrogen (secondary N) is 1. The summed E-state index contributed by atoms with van der Waals surface area (Å²) in [6, 6.07) is 4.99. The molecule has 4 aliphatic rings. The van der Waals surface area contributed by atoms with Gasteiger partial charge in [0.25, 0.3) is 5.91 Å². The Labute approximate surface area is 216 Å². The molecule has 2 aliphatic heterocycles. The number of carbonyl (C=O) groups is 4. The minimum absolute atomic E-state index is 0.0173. The van der Waals surface area contributed by atoms with Gasteiger partial charge in [0.05, 0.1) is 17.4 Å². The molecule has 4 unspecified atom stereocenters. The number of allylic oxidation sites excluding steroid dienone is 2. The van der Waals surface area contributed by atoms with Gasteiger partial charge in [-0.05, 0) is 48.8 Å². The van der Waals surface area contributed by atoms with Crippen LogP contribution in [0.1, 0.15) is 52.3 Å². The monoisotopic (exact) mass is 523 g/mol. The molecule has 6 rings (SSSR count). The number of imide groups is 1. The predicted octanol–water partition coefficient (Wildman–Crippen LogP) is 3.45. The van der Waals surface area contributed by atoms with Gasteiger partial charge in [0, 0.05) is 28.8 Å². The first-order valence-corrected chi connectivity index (χ1v) is 14.0. The molecule has 1 aromatic carbocycles. The fourth-order valence-corrected chi connectivity index (χ4v) is 7.50. The zero-order valence-electron chi connectivity index (χ0n) is 19.5. The molecule has 10 heteroatoms. The number of thiazole rings is 1. The second-order valence-corrected chi connectivity index (χ2v) is 11.7. The smallest absolute Gasteiger partial charge is 0.309 e. The molecular weight excluding hydrogens is 498 g/mol. The summed E-state index contributed by atoms with van der Waals surface area (Å²) in [7, 11) is 0. The maximum Gasteiger partial charge on any atom is 0.309 e. The van der Waals surface area contributed by atoms with E-state index in [4.69, 9.17) is 4.74 Å². The van der Waals surface area contributed by atoms with E-state index in [1.54, 1.807) is 22.7 Å². The van der Waals surface area contributed by atoms with Crippen molar-refractivity contribution in [3.05, 3.63) is 57.6 Å². The fourth-order valence-electron chi connectivity index (χ4n) is 5.62. The van der Waals surface area contributed by atoms with Gasteiger partial charge in [0.2, 0.25) is 11.8 Å². The van der Waals surface area contributed by atoms with Crippen LogP contribution in [0.2, 0.25) is 0 Å². The van der Waals surface area contributed by atoms with Gasteiger partial charge in [-0.1, -0.05) is 18.2 Å². The maximum atomic E-state index is 13.0. The van der Waals surface area contributed by atoms with Crippen LogP contribution in [0.5, 0.6) is 0 Å². The van der Waals surface area contributed by atoms with Crippen LogP contribution in [0.4, 0.5) is 0 Å². The minimum Gasteiger partial charge on any atom is -0.459 e. The third kappa shape index (κ3) is 4.37. The molecule has 2 aliphatic carbocycles. The zero-order chi connectivity index (χ0) is 24.8. The second kappa shape index (κ2) is 9.48. The largest absolute Gasteiger partial charge is 0.459 e. The van der Waals surface area contributed by atoms with Crippen molar-refractivity contribution in [3.8, 4) is 0 Å². The number of nitrogens with zero attached hydrogens (tertiary/aromatic N) is 2. The molecule has 36 heavy (non-hydrogen) atoms. The van der Waals surface area contributed by atoms with Crippen molar-refractivity contribution in [1.82, 2.24) is 15.2 Å². The van der Waals surface area contributed by atoms with Gasteiger partial charge in [-0.2, -0.15) is 0 Å². The molecule has 1 saturated heterocycles. The van der Waals surface area contributed by atoms with E-state index >= 15 is 0 Å². The molecule has 2 fully saturated rings. The number of aromatic nitrogens is 1. The molecule has 1 aromatic heterocycles. The maximum absolute atomic E-state index is 13.0. The second-order valence-electron chi connectivity index (χ2n) is 9.70. The highest BCUT2D eigenvalue weighted by molar-refractivity contribution is 7.98. The molecule has 186 valence electrons. The first-order valence-electron chi connectivity index (χ1n) is 12.1. The van der Waals surface area contributed by atoms with Crippen LogP contribution in [-0.4, -0.2) is 39.6 Å². The van der Waals surface area contributed by atoms with E-state index in [1.165, 1.54) is 11.3 Å². The van der Waals surface area contributed by atoms with Gasteiger partial charge in [-0.3, -0.25) is 24.5 Å². The average molecular weight is 524 g/mol. The average Bonchev–Trinajstić information content (AvgIpc) is 3.66. The van der Waals surface area contributed by atoms with Crippen molar-refractivity contribution in [2.75, 3.05) is 0 Å². The predicted molar refractivity (Wildman–Crippen MR) is 133 cm³/mol. The Morgan fingerprint density at radius 3 is 2.89 bits per heavy atom. The van der Waals surface area contributed by atoms with E-state index in [9.17, 15) is 19.2 Å². The summed E-state index contributed by atoms with van der Waals surface area (Å²) < 4.78 is 5.57. The summed E-state index contributed by atoms with van der Waals surface area (Å²) in [6.07, 6.45) is 6.90. The Morgan fingerprint density at radius 2 is 2.11 bits per heavy atom. The zero-order valence-corrected chi connectivity index (χ0v) is 21.1. The number of amides is 3. The summed E-state index contributed by atoms with van der Waals surface area (Å²) in [5, 5.41) is 5.18. The third-order valence-electron chi connectivity index (χ3n) is 7.43. The number of hydrogen-bond acceptors (Lipinski definition) is 8. The van der Waals surface area contributed by atoms with Crippen LogP contribution in [0.3, 0.4) is 0 Å². The Bertz CT molecular complexity index is 1290. The lowest BCUT2D eigenvalue weighted by atomic mass is 9.94. The molecular formula is C26H25N3O5S2. The van der Waals surface area contributed by atoms with Crippen LogP contribution < -0.4 is 5.32 Å². The van der Waals surface area contributed by atoms with Crippen molar-refractivity contribution in [1.29, 1.82) is 0 Å².